The van der Waals surface area contributed by atoms with Crippen LogP contribution in [0.2, 0.25) is 0 Å². The number of aromatic nitrogens is 4. The molecule has 36 nitrogen and oxygen atoms in total. The zero-order valence-corrected chi connectivity index (χ0v) is 64.1. The third kappa shape index (κ3) is 28.0. The Morgan fingerprint density at radius 3 is 1.73 bits per heavy atom. The van der Waals surface area contributed by atoms with Gasteiger partial charge in [-0.15, -0.1) is 0 Å². The number of cyclic esters (lactones) is 1. The number of phenolic OH excluding ortho intramolecular Hbond substituents is 1. The van der Waals surface area contributed by atoms with Crippen molar-refractivity contribution in [2.24, 2.45) is 23.5 Å². The first-order valence-electron chi connectivity index (χ1n) is 38.2. The fraction of sp³-hybridized carbons (Fsp3) is 0.553. The van der Waals surface area contributed by atoms with Crippen LogP contribution < -0.4 is 69.5 Å². The average molecular weight is 1560 g/mol. The highest BCUT2D eigenvalue weighted by Gasteiger charge is 2.41. The number of carbonyl (C=O) groups is 15. The second kappa shape index (κ2) is 43.7. The number of nitrogens with two attached hydrogens (primary N) is 1. The highest BCUT2D eigenvalue weighted by atomic mass is 16.5. The molecular formula is C76H108N18O18. The lowest BCUT2D eigenvalue weighted by atomic mass is 10.0. The van der Waals surface area contributed by atoms with Gasteiger partial charge in [0.05, 0.1) is 45.3 Å². The van der Waals surface area contributed by atoms with Gasteiger partial charge in [-0.25, -0.2) is 14.6 Å². The molecule has 0 aliphatic carbocycles. The molecule has 2 saturated heterocycles. The third-order valence-corrected chi connectivity index (χ3v) is 19.3. The number of carboxylic acid groups (broad SMARTS) is 1. The van der Waals surface area contributed by atoms with Crippen LogP contribution in [0.3, 0.4) is 0 Å². The fourth-order valence-corrected chi connectivity index (χ4v) is 13.3. The summed E-state index contributed by atoms with van der Waals surface area (Å²) in [5.41, 5.74) is 7.86. The van der Waals surface area contributed by atoms with Crippen molar-refractivity contribution in [3.63, 3.8) is 0 Å². The number of para-hydroxylation sites is 1. The summed E-state index contributed by atoms with van der Waals surface area (Å²) in [6.45, 7) is 7.60. The number of hydrogen-bond acceptors (Lipinski definition) is 18. The predicted octanol–water partition coefficient (Wildman–Crippen LogP) is 0.673. The molecule has 2 aliphatic rings. The number of esters is 1. The van der Waals surface area contributed by atoms with Crippen LogP contribution in [-0.4, -0.2) is 218 Å². The molecule has 0 bridgehead atoms. The summed E-state index contributed by atoms with van der Waals surface area (Å²) in [7, 11) is 0. The van der Waals surface area contributed by atoms with E-state index in [-0.39, 0.29) is 63.8 Å². The third-order valence-electron chi connectivity index (χ3n) is 19.3. The average Bonchev–Trinajstić information content (AvgIpc) is 1.67. The van der Waals surface area contributed by atoms with Gasteiger partial charge >= 0.3 is 18.0 Å². The Hall–Kier alpha value is -11.6. The number of phenols is 1. The number of hydrogen-bond donors (Lipinski definition) is 18. The van der Waals surface area contributed by atoms with Crippen LogP contribution in [0, 0.1) is 17.8 Å². The van der Waals surface area contributed by atoms with Crippen LogP contribution in [0.15, 0.2) is 67.4 Å². The molecular weight excluding hydrogens is 1450 g/mol. The molecule has 0 saturated carbocycles. The van der Waals surface area contributed by atoms with Gasteiger partial charge in [0.1, 0.15) is 60.2 Å². The Morgan fingerprint density at radius 2 is 1.12 bits per heavy atom. The summed E-state index contributed by atoms with van der Waals surface area (Å²) < 4.78 is 5.86. The number of nitrogens with zero attached hydrogens (tertiary/aromatic N) is 2. The van der Waals surface area contributed by atoms with Crippen molar-refractivity contribution in [1.82, 2.24) is 88.6 Å². The van der Waals surface area contributed by atoms with E-state index >= 15 is 0 Å². The second-order valence-electron chi connectivity index (χ2n) is 29.5. The Labute approximate surface area is 647 Å². The molecule has 19 N–H and O–H groups in total. The quantitative estimate of drug-likeness (QED) is 0.0298. The van der Waals surface area contributed by atoms with Crippen molar-refractivity contribution in [3.8, 4) is 5.75 Å². The molecule has 7 rings (SSSR count). The Balaban J connectivity index is 1.18. The number of nitrogens with one attached hydrogen (secondary N) is 15. The Kier molecular flexibility index (Phi) is 34.2. The summed E-state index contributed by atoms with van der Waals surface area (Å²) in [5, 5.41) is 52.2. The summed E-state index contributed by atoms with van der Waals surface area (Å²) in [4.78, 5) is 223. The fourth-order valence-electron chi connectivity index (χ4n) is 13.3. The number of carboxylic acids is 1. The van der Waals surface area contributed by atoms with Crippen LogP contribution >= 0.6 is 0 Å². The lowest BCUT2D eigenvalue weighted by molar-refractivity contribution is -0.157. The first-order valence-corrected chi connectivity index (χ1v) is 38.2. The van der Waals surface area contributed by atoms with E-state index in [1.165, 1.54) is 35.8 Å². The van der Waals surface area contributed by atoms with E-state index in [1.807, 2.05) is 0 Å². The largest absolute Gasteiger partial charge is 0.508 e. The summed E-state index contributed by atoms with van der Waals surface area (Å²) in [5.74, 6) is -14.3. The number of ether oxygens (including phenoxy) is 1. The van der Waals surface area contributed by atoms with E-state index < -0.39 is 194 Å². The lowest BCUT2D eigenvalue weighted by Crippen LogP contribution is -2.59. The molecule has 112 heavy (non-hydrogen) atoms. The van der Waals surface area contributed by atoms with Gasteiger partial charge in [-0.05, 0) is 91.7 Å². The molecule has 36 heteroatoms. The highest BCUT2D eigenvalue weighted by molar-refractivity contribution is 6.00. The van der Waals surface area contributed by atoms with E-state index in [1.54, 1.807) is 64.2 Å². The number of fused-ring (bicyclic) bond motifs is 3. The maximum atomic E-state index is 14.6. The van der Waals surface area contributed by atoms with Crippen molar-refractivity contribution in [1.29, 1.82) is 0 Å². The van der Waals surface area contributed by atoms with Gasteiger partial charge in [-0.3, -0.25) is 62.3 Å². The van der Waals surface area contributed by atoms with Crippen molar-refractivity contribution < 1.29 is 86.9 Å². The molecule has 5 heterocycles. The summed E-state index contributed by atoms with van der Waals surface area (Å²) in [6, 6.07) is -1.15. The topological polar surface area (TPSA) is 540 Å². The summed E-state index contributed by atoms with van der Waals surface area (Å²) in [6.07, 6.45) is 9.92. The lowest BCUT2D eigenvalue weighted by Gasteiger charge is -2.31. The first kappa shape index (κ1) is 87.6. The number of aromatic hydroxyl groups is 1. The number of urea groups is 1. The van der Waals surface area contributed by atoms with E-state index in [4.69, 9.17) is 10.5 Å². The maximum Gasteiger partial charge on any atom is 0.329 e. The van der Waals surface area contributed by atoms with Crippen molar-refractivity contribution in [2.45, 2.75) is 212 Å². The number of rotatable bonds is 24. The van der Waals surface area contributed by atoms with E-state index in [0.29, 0.717) is 63.8 Å². The molecule has 3 aromatic heterocycles. The standard InChI is InChI=1S/C76H108N18O18/c1-42(2)18-12-10-8-7-9-11-13-19-49-32-60(96)82-37-61(97)89-57(30-47-36-78-41-86-47)71(106)93-67(44(5)6)74(109)94-27-17-23-59(94)72(107)85-39-62(98)87-54(22-16-26-79-76(77)111)70(105)90-56(29-46-35-81-53-25-24-48(95)31-51(46)53)69(104)83-38-63(99)88-55(28-45-34-80-52-21-15-14-20-50(45)52)68(103)84-40-64(100)92-66(43(3)4)73(108)91-58(33-65(101)102)75(110)112-49/h14-15,20-21,24-25,31,34-36,41-44,49,54-59,66-67,80-81,95H,7-13,16-19,22-23,26-30,32-33,37-40H2,1-6H3,(H,78,86)(H,82,96)(H,83,104)(H,84,103)(H,85,107)(H,87,98)(H,88,99)(H,89,97)(H,90,105)(H,91,108)(H,92,100)(H,93,106)(H,101,102)(H3,77,79,111). The number of amides is 14. The first-order chi connectivity index (χ1) is 53.4. The summed E-state index contributed by atoms with van der Waals surface area (Å²) >= 11 is 0. The molecule has 14 amide bonds. The van der Waals surface area contributed by atoms with Crippen LogP contribution in [-0.2, 0) is 91.1 Å². The number of carbonyl (C=O) groups excluding carboxylic acids is 14. The van der Waals surface area contributed by atoms with Crippen molar-refractivity contribution >= 4 is 111 Å². The molecule has 9 atom stereocenters. The Morgan fingerprint density at radius 1 is 0.562 bits per heavy atom. The number of imidazole rings is 1. The minimum Gasteiger partial charge on any atom is -0.508 e. The van der Waals surface area contributed by atoms with Crippen LogP contribution in [0.1, 0.15) is 155 Å². The minimum absolute atomic E-state index is 0.0245. The highest BCUT2D eigenvalue weighted by Crippen LogP contribution is 2.26. The molecule has 0 radical (unpaired) electrons. The number of aromatic amines is 3. The van der Waals surface area contributed by atoms with Gasteiger partial charge in [-0.2, -0.15) is 0 Å². The molecule has 9 unspecified atom stereocenters. The molecule has 2 aromatic carbocycles. The molecule has 2 fully saturated rings. The molecule has 0 spiro atoms. The number of H-pyrrole nitrogens is 3. The number of unbranched alkanes of at least 4 members (excludes halogenated alkanes) is 6. The second-order valence-corrected chi connectivity index (χ2v) is 29.5. The maximum absolute atomic E-state index is 14.6. The zero-order valence-electron chi connectivity index (χ0n) is 64.1. The smallest absolute Gasteiger partial charge is 0.329 e. The van der Waals surface area contributed by atoms with Crippen molar-refractivity contribution in [2.75, 3.05) is 39.3 Å². The normalized spacial score (nSPS) is 22.3. The predicted molar refractivity (Wildman–Crippen MR) is 408 cm³/mol. The number of aliphatic carboxylic acids is 1. The van der Waals surface area contributed by atoms with Crippen molar-refractivity contribution in [3.05, 3.63) is 84.2 Å². The van der Waals surface area contributed by atoms with E-state index in [9.17, 15) is 82.1 Å². The van der Waals surface area contributed by atoms with Gasteiger partial charge in [-0.1, -0.05) is 105 Å². The molecule has 2 aliphatic heterocycles. The van der Waals surface area contributed by atoms with Gasteiger partial charge < -0.3 is 104 Å². The van der Waals surface area contributed by atoms with Crippen LogP contribution in [0.25, 0.3) is 21.8 Å². The molecule has 5 aromatic rings. The van der Waals surface area contributed by atoms with Crippen LogP contribution in [0.5, 0.6) is 5.75 Å². The number of primary amides is 1. The van der Waals surface area contributed by atoms with Gasteiger partial charge in [0.2, 0.25) is 70.9 Å². The molecule has 610 valence electrons. The van der Waals surface area contributed by atoms with E-state index in [2.05, 4.69) is 97.6 Å². The monoisotopic (exact) mass is 1560 g/mol. The number of benzene rings is 2. The van der Waals surface area contributed by atoms with Gasteiger partial charge in [0, 0.05) is 78.4 Å². The zero-order chi connectivity index (χ0) is 81.6. The minimum atomic E-state index is -1.88. The van der Waals surface area contributed by atoms with Gasteiger partial charge in [0.15, 0.2) is 0 Å². The van der Waals surface area contributed by atoms with Gasteiger partial charge in [0.25, 0.3) is 0 Å². The van der Waals surface area contributed by atoms with E-state index in [0.717, 1.165) is 38.5 Å². The van der Waals surface area contributed by atoms with Crippen LogP contribution in [0.4, 0.5) is 4.79 Å². The SMILES string of the molecule is CC(C)CCCCCCCCCC1CC(=O)NCC(=O)NC(Cc2cnc[nH]2)C(=O)NC(C(C)C)C(=O)N2CCCC2C(=O)NCC(=O)NC(CCCNC(N)=O)C(=O)NC(Cc2c[nH]c3ccc(O)cc23)C(=O)NCC(=O)NC(Cc2c[nH]c3ccccc23)C(=O)NCC(=O)NC(C(C)C)C(=O)NC(CC(=O)O)C(=O)O1. The Bertz CT molecular complexity index is 4100.